The van der Waals surface area contributed by atoms with Crippen LogP contribution in [0.5, 0.6) is 0 Å². The number of aryl methyl sites for hydroxylation is 1. The van der Waals surface area contributed by atoms with E-state index in [1.54, 1.807) is 16.9 Å². The molecule has 0 aliphatic heterocycles. The minimum atomic E-state index is -0.524. The van der Waals surface area contributed by atoms with Gasteiger partial charge in [0.15, 0.2) is 0 Å². The molecule has 2 aromatic heterocycles. The number of benzene rings is 3. The number of aromatic nitrogens is 2. The smallest absolute Gasteiger partial charge is 0.342 e. The lowest BCUT2D eigenvalue weighted by Gasteiger charge is -2.08. The average molecular weight is 436 g/mol. The van der Waals surface area contributed by atoms with Gasteiger partial charge in [-0.1, -0.05) is 60.7 Å². The number of nitrogens with zero attached hydrogens (tertiary/aromatic N) is 2. The third-order valence-electron chi connectivity index (χ3n) is 5.35. The summed E-state index contributed by atoms with van der Waals surface area (Å²) in [7, 11) is 0. The van der Waals surface area contributed by atoms with E-state index in [1.807, 2.05) is 79.7 Å². The second-order valence-corrected chi connectivity index (χ2v) is 7.70. The molecular formula is C27H20N2O4. The zero-order chi connectivity index (χ0) is 22.8. The van der Waals surface area contributed by atoms with Crippen LogP contribution >= 0.6 is 0 Å². The normalized spacial score (nSPS) is 10.9. The third kappa shape index (κ3) is 4.19. The minimum absolute atomic E-state index is 0.0608. The third-order valence-corrected chi connectivity index (χ3v) is 5.35. The quantitative estimate of drug-likeness (QED) is 0.276. The zero-order valence-corrected chi connectivity index (χ0v) is 17.9. The van der Waals surface area contributed by atoms with Gasteiger partial charge in [0, 0.05) is 28.8 Å². The topological polar surface area (TPSA) is 74.3 Å². The Kier molecular flexibility index (Phi) is 5.32. The summed E-state index contributed by atoms with van der Waals surface area (Å²) in [4.78, 5) is 25.2. The van der Waals surface area contributed by atoms with Crippen LogP contribution in [0.3, 0.4) is 0 Å². The molecule has 2 heterocycles. The SMILES string of the molecule is Cc1ccc2c(COC(=O)c3cn(-c4ccccc4)nc3-c3ccccc3)cc(=O)oc2c1. The molecule has 0 spiro atoms. The molecule has 0 aliphatic rings. The molecule has 0 atom stereocenters. The number of esters is 1. The molecule has 5 aromatic rings. The van der Waals surface area contributed by atoms with E-state index in [9.17, 15) is 9.59 Å². The molecule has 162 valence electrons. The van der Waals surface area contributed by atoms with Crippen LogP contribution in [0.4, 0.5) is 0 Å². The first kappa shape index (κ1) is 20.5. The second kappa shape index (κ2) is 8.59. The number of carbonyl (C=O) groups excluding carboxylic acids is 1. The number of ether oxygens (including phenoxy) is 1. The van der Waals surface area contributed by atoms with Gasteiger partial charge in [0.1, 0.15) is 23.4 Å². The first-order valence-electron chi connectivity index (χ1n) is 10.5. The molecule has 0 bridgehead atoms. The Morgan fingerprint density at radius 1 is 0.970 bits per heavy atom. The van der Waals surface area contributed by atoms with Gasteiger partial charge in [0.2, 0.25) is 0 Å². The van der Waals surface area contributed by atoms with Crippen molar-refractivity contribution in [2.75, 3.05) is 0 Å². The largest absolute Gasteiger partial charge is 0.457 e. The number of hydrogen-bond acceptors (Lipinski definition) is 5. The molecule has 3 aromatic carbocycles. The molecule has 5 rings (SSSR count). The number of hydrogen-bond donors (Lipinski definition) is 0. The van der Waals surface area contributed by atoms with E-state index in [2.05, 4.69) is 5.10 Å². The summed E-state index contributed by atoms with van der Waals surface area (Å²) in [6.45, 7) is 1.86. The van der Waals surface area contributed by atoms with Crippen LogP contribution in [0.15, 0.2) is 100 Å². The summed E-state index contributed by atoms with van der Waals surface area (Å²) in [6.07, 6.45) is 1.67. The van der Waals surface area contributed by atoms with Crippen LogP contribution in [0.25, 0.3) is 27.9 Å². The van der Waals surface area contributed by atoms with Crippen LogP contribution < -0.4 is 5.63 Å². The van der Waals surface area contributed by atoms with Crippen LogP contribution in [0.2, 0.25) is 0 Å². The molecule has 33 heavy (non-hydrogen) atoms. The van der Waals surface area contributed by atoms with Gasteiger partial charge < -0.3 is 9.15 Å². The van der Waals surface area contributed by atoms with E-state index in [0.717, 1.165) is 22.2 Å². The Bertz CT molecular complexity index is 1500. The van der Waals surface area contributed by atoms with Crippen LogP contribution in [0.1, 0.15) is 21.5 Å². The lowest BCUT2D eigenvalue weighted by atomic mass is 10.1. The molecule has 0 amide bonds. The highest BCUT2D eigenvalue weighted by atomic mass is 16.5. The van der Waals surface area contributed by atoms with Crippen molar-refractivity contribution >= 4 is 16.9 Å². The fourth-order valence-corrected chi connectivity index (χ4v) is 3.72. The maximum atomic E-state index is 13.2. The Morgan fingerprint density at radius 2 is 1.70 bits per heavy atom. The van der Waals surface area contributed by atoms with Gasteiger partial charge in [0.25, 0.3) is 0 Å². The zero-order valence-electron chi connectivity index (χ0n) is 17.9. The Morgan fingerprint density at radius 3 is 2.45 bits per heavy atom. The van der Waals surface area contributed by atoms with Crippen LogP contribution in [0, 0.1) is 6.92 Å². The molecule has 6 heteroatoms. The first-order valence-corrected chi connectivity index (χ1v) is 10.5. The van der Waals surface area contributed by atoms with Gasteiger partial charge >= 0.3 is 11.6 Å². The molecule has 0 fully saturated rings. The van der Waals surface area contributed by atoms with E-state index in [4.69, 9.17) is 9.15 Å². The molecule has 6 nitrogen and oxygen atoms in total. The van der Waals surface area contributed by atoms with Crippen molar-refractivity contribution in [1.82, 2.24) is 9.78 Å². The van der Waals surface area contributed by atoms with E-state index in [0.29, 0.717) is 22.4 Å². The Labute approximate surface area is 189 Å². The van der Waals surface area contributed by atoms with Gasteiger partial charge in [-0.15, -0.1) is 0 Å². The summed E-state index contributed by atoms with van der Waals surface area (Å²) in [5.74, 6) is -0.524. The lowest BCUT2D eigenvalue weighted by molar-refractivity contribution is 0.0474. The van der Waals surface area contributed by atoms with Crippen molar-refractivity contribution < 1.29 is 13.9 Å². The maximum Gasteiger partial charge on any atom is 0.342 e. The number of rotatable bonds is 5. The van der Waals surface area contributed by atoms with Gasteiger partial charge in [0.05, 0.1) is 5.69 Å². The van der Waals surface area contributed by atoms with E-state index in [-0.39, 0.29) is 6.61 Å². The van der Waals surface area contributed by atoms with Crippen LogP contribution in [-0.4, -0.2) is 15.7 Å². The highest BCUT2D eigenvalue weighted by molar-refractivity contribution is 5.96. The predicted molar refractivity (Wildman–Crippen MR) is 125 cm³/mol. The average Bonchev–Trinajstić information content (AvgIpc) is 3.29. The van der Waals surface area contributed by atoms with Crippen molar-refractivity contribution in [3.05, 3.63) is 118 Å². The van der Waals surface area contributed by atoms with Crippen molar-refractivity contribution in [3.8, 4) is 16.9 Å². The van der Waals surface area contributed by atoms with E-state index >= 15 is 0 Å². The summed E-state index contributed by atoms with van der Waals surface area (Å²) >= 11 is 0. The summed E-state index contributed by atoms with van der Waals surface area (Å²) in [6, 6.07) is 26.0. The molecule has 0 saturated carbocycles. The minimum Gasteiger partial charge on any atom is -0.457 e. The maximum absolute atomic E-state index is 13.2. The second-order valence-electron chi connectivity index (χ2n) is 7.70. The number of carbonyl (C=O) groups is 1. The molecule has 0 N–H and O–H groups in total. The van der Waals surface area contributed by atoms with Crippen LogP contribution in [-0.2, 0) is 11.3 Å². The summed E-state index contributed by atoms with van der Waals surface area (Å²) < 4.78 is 12.6. The fraction of sp³-hybridized carbons (Fsp3) is 0.0741. The number of fused-ring (bicyclic) bond motifs is 1. The fourth-order valence-electron chi connectivity index (χ4n) is 3.72. The highest BCUT2D eigenvalue weighted by Crippen LogP contribution is 2.25. The van der Waals surface area contributed by atoms with E-state index < -0.39 is 11.6 Å². The lowest BCUT2D eigenvalue weighted by Crippen LogP contribution is -2.08. The predicted octanol–water partition coefficient (Wildman–Crippen LogP) is 5.31. The Balaban J connectivity index is 1.49. The molecular weight excluding hydrogens is 416 g/mol. The van der Waals surface area contributed by atoms with Gasteiger partial charge in [-0.25, -0.2) is 14.3 Å². The molecule has 0 aliphatic carbocycles. The molecule has 0 radical (unpaired) electrons. The Hall–Kier alpha value is -4.45. The highest BCUT2D eigenvalue weighted by Gasteiger charge is 2.20. The number of para-hydroxylation sites is 1. The van der Waals surface area contributed by atoms with Crippen molar-refractivity contribution in [1.29, 1.82) is 0 Å². The first-order chi connectivity index (χ1) is 16.1. The van der Waals surface area contributed by atoms with Gasteiger partial charge in [-0.3, -0.25) is 0 Å². The van der Waals surface area contributed by atoms with E-state index in [1.165, 1.54) is 6.07 Å². The molecule has 0 unspecified atom stereocenters. The molecule has 0 saturated heterocycles. The van der Waals surface area contributed by atoms with Crippen molar-refractivity contribution in [2.45, 2.75) is 13.5 Å². The van der Waals surface area contributed by atoms with Gasteiger partial charge in [-0.2, -0.15) is 5.10 Å². The van der Waals surface area contributed by atoms with Crippen molar-refractivity contribution in [2.24, 2.45) is 0 Å². The van der Waals surface area contributed by atoms with Gasteiger partial charge in [-0.05, 0) is 30.7 Å². The summed E-state index contributed by atoms with van der Waals surface area (Å²) in [5.41, 5.74) is 4.05. The van der Waals surface area contributed by atoms with Crippen molar-refractivity contribution in [3.63, 3.8) is 0 Å². The standard InChI is InChI=1S/C27H20N2O4/c1-18-12-13-22-20(15-25(30)33-24(22)14-18)17-32-27(31)23-16-29(21-10-6-3-7-11-21)28-26(23)19-8-4-2-5-9-19/h2-16H,17H2,1H3. The summed E-state index contributed by atoms with van der Waals surface area (Å²) in [5, 5.41) is 5.38. The monoisotopic (exact) mass is 436 g/mol.